The average Bonchev–Trinajstić information content (AvgIpc) is 2.35. The van der Waals surface area contributed by atoms with E-state index < -0.39 is 0 Å². The summed E-state index contributed by atoms with van der Waals surface area (Å²) in [6.07, 6.45) is 2.62. The Balaban J connectivity index is 2.07. The zero-order chi connectivity index (χ0) is 6.27. The van der Waals surface area contributed by atoms with Crippen molar-refractivity contribution in [3.8, 4) is 0 Å². The van der Waals surface area contributed by atoms with Crippen LogP contribution in [0.4, 0.5) is 0 Å². The third kappa shape index (κ3) is 0.775. The van der Waals surface area contributed by atoms with Crippen LogP contribution >= 0.6 is 0 Å². The highest BCUT2D eigenvalue weighted by atomic mass is 14.9. The van der Waals surface area contributed by atoms with Crippen LogP contribution in [0.1, 0.15) is 12.8 Å². The summed E-state index contributed by atoms with van der Waals surface area (Å²) in [5.74, 6) is 1.73. The quantitative estimate of drug-likeness (QED) is 0.477. The van der Waals surface area contributed by atoms with Crippen molar-refractivity contribution in [2.75, 3.05) is 13.1 Å². The maximum Gasteiger partial charge on any atom is 0.00825 e. The zero-order valence-electron chi connectivity index (χ0n) is 5.64. The molecule has 0 aromatic carbocycles. The second-order valence-corrected chi connectivity index (χ2v) is 3.32. The summed E-state index contributed by atoms with van der Waals surface area (Å²) < 4.78 is 0. The molecule has 52 valence electrons. The molecule has 2 fully saturated rings. The Morgan fingerprint density at radius 1 is 1.22 bits per heavy atom. The molecule has 0 radical (unpaired) electrons. The number of hydrogen-bond acceptors (Lipinski definition) is 2. The van der Waals surface area contributed by atoms with Gasteiger partial charge in [0, 0.05) is 6.04 Å². The largest absolute Gasteiger partial charge is 0.327 e. The minimum absolute atomic E-state index is 0.505. The lowest BCUT2D eigenvalue weighted by Crippen LogP contribution is -2.28. The number of nitrogens with one attached hydrogen (secondary N) is 1. The maximum absolute atomic E-state index is 5.88. The SMILES string of the molecule is N[C@H]1CC[C@H]2CNC[C@@H]21. The molecule has 0 bridgehead atoms. The highest BCUT2D eigenvalue weighted by Gasteiger charge is 2.36. The van der Waals surface area contributed by atoms with Crippen molar-refractivity contribution in [3.05, 3.63) is 0 Å². The Kier molecular flexibility index (Phi) is 1.24. The van der Waals surface area contributed by atoms with Crippen LogP contribution in [0.5, 0.6) is 0 Å². The van der Waals surface area contributed by atoms with E-state index in [4.69, 9.17) is 5.73 Å². The van der Waals surface area contributed by atoms with Crippen molar-refractivity contribution in [1.29, 1.82) is 0 Å². The van der Waals surface area contributed by atoms with Crippen molar-refractivity contribution < 1.29 is 0 Å². The Labute approximate surface area is 55.8 Å². The summed E-state index contributed by atoms with van der Waals surface area (Å²) in [5.41, 5.74) is 5.88. The number of rotatable bonds is 0. The fourth-order valence-electron chi connectivity index (χ4n) is 2.19. The van der Waals surface area contributed by atoms with Crippen LogP contribution < -0.4 is 11.1 Å². The lowest BCUT2D eigenvalue weighted by molar-refractivity contribution is 0.453. The number of hydrogen-bond donors (Lipinski definition) is 2. The van der Waals surface area contributed by atoms with E-state index in [9.17, 15) is 0 Å². The molecule has 0 amide bonds. The van der Waals surface area contributed by atoms with Gasteiger partial charge in [0.15, 0.2) is 0 Å². The van der Waals surface area contributed by atoms with Gasteiger partial charge in [-0.3, -0.25) is 0 Å². The molecule has 1 saturated heterocycles. The minimum Gasteiger partial charge on any atom is -0.327 e. The smallest absolute Gasteiger partial charge is 0.00825 e. The molecular formula is C7H14N2. The van der Waals surface area contributed by atoms with Crippen molar-refractivity contribution >= 4 is 0 Å². The van der Waals surface area contributed by atoms with Crippen LogP contribution in [0.3, 0.4) is 0 Å². The third-order valence-corrected chi connectivity index (χ3v) is 2.81. The van der Waals surface area contributed by atoms with E-state index in [-0.39, 0.29) is 0 Å². The second-order valence-electron chi connectivity index (χ2n) is 3.32. The summed E-state index contributed by atoms with van der Waals surface area (Å²) >= 11 is 0. The summed E-state index contributed by atoms with van der Waals surface area (Å²) in [5, 5.41) is 3.37. The lowest BCUT2D eigenvalue weighted by atomic mass is 9.98. The predicted molar refractivity (Wildman–Crippen MR) is 37.1 cm³/mol. The van der Waals surface area contributed by atoms with Crippen LogP contribution in [0, 0.1) is 11.8 Å². The first-order valence-corrected chi connectivity index (χ1v) is 3.84. The molecule has 2 aliphatic rings. The lowest BCUT2D eigenvalue weighted by Gasteiger charge is -2.10. The Bertz CT molecular complexity index is 113. The van der Waals surface area contributed by atoms with Crippen LogP contribution in [-0.2, 0) is 0 Å². The first-order chi connectivity index (χ1) is 4.38. The first-order valence-electron chi connectivity index (χ1n) is 3.84. The molecule has 1 aliphatic heterocycles. The van der Waals surface area contributed by atoms with Crippen molar-refractivity contribution in [3.63, 3.8) is 0 Å². The third-order valence-electron chi connectivity index (χ3n) is 2.81. The monoisotopic (exact) mass is 126 g/mol. The molecule has 1 heterocycles. The van der Waals surface area contributed by atoms with Gasteiger partial charge in [0.25, 0.3) is 0 Å². The van der Waals surface area contributed by atoms with E-state index in [0.29, 0.717) is 6.04 Å². The van der Waals surface area contributed by atoms with Gasteiger partial charge in [-0.15, -0.1) is 0 Å². The Hall–Kier alpha value is -0.0800. The highest BCUT2D eigenvalue weighted by molar-refractivity contribution is 4.93. The summed E-state index contributed by atoms with van der Waals surface area (Å²) in [6, 6.07) is 0.505. The van der Waals surface area contributed by atoms with Gasteiger partial charge in [0.1, 0.15) is 0 Å². The molecule has 3 N–H and O–H groups in total. The van der Waals surface area contributed by atoms with E-state index in [0.717, 1.165) is 11.8 Å². The van der Waals surface area contributed by atoms with Crippen molar-refractivity contribution in [1.82, 2.24) is 5.32 Å². The first kappa shape index (κ1) is 5.69. The Morgan fingerprint density at radius 3 is 2.89 bits per heavy atom. The minimum atomic E-state index is 0.505. The van der Waals surface area contributed by atoms with E-state index in [1.165, 1.54) is 25.9 Å². The molecule has 2 heteroatoms. The predicted octanol–water partition coefficient (Wildman–Crippen LogP) is -0.0569. The normalized spacial score (nSPS) is 49.7. The molecule has 0 unspecified atom stereocenters. The van der Waals surface area contributed by atoms with Gasteiger partial charge in [-0.2, -0.15) is 0 Å². The van der Waals surface area contributed by atoms with Crippen LogP contribution in [0.25, 0.3) is 0 Å². The fraction of sp³-hybridized carbons (Fsp3) is 1.00. The standard InChI is InChI=1S/C7H14N2/c8-7-2-1-5-3-9-4-6(5)7/h5-7,9H,1-4,8H2/t5-,6-,7-/m0/s1. The van der Waals surface area contributed by atoms with Gasteiger partial charge in [0.2, 0.25) is 0 Å². The fourth-order valence-corrected chi connectivity index (χ4v) is 2.19. The van der Waals surface area contributed by atoms with Gasteiger partial charge in [0.05, 0.1) is 0 Å². The van der Waals surface area contributed by atoms with E-state index in [2.05, 4.69) is 5.32 Å². The van der Waals surface area contributed by atoms with Crippen LogP contribution in [-0.4, -0.2) is 19.1 Å². The topological polar surface area (TPSA) is 38.0 Å². The van der Waals surface area contributed by atoms with Gasteiger partial charge in [-0.1, -0.05) is 0 Å². The van der Waals surface area contributed by atoms with Crippen molar-refractivity contribution in [2.24, 2.45) is 17.6 Å². The molecule has 1 saturated carbocycles. The van der Waals surface area contributed by atoms with E-state index in [1.54, 1.807) is 0 Å². The highest BCUT2D eigenvalue weighted by Crippen LogP contribution is 2.32. The molecule has 1 aliphatic carbocycles. The number of fused-ring (bicyclic) bond motifs is 1. The molecule has 0 aromatic heterocycles. The Morgan fingerprint density at radius 2 is 2.11 bits per heavy atom. The van der Waals surface area contributed by atoms with Crippen LogP contribution in [0.15, 0.2) is 0 Å². The van der Waals surface area contributed by atoms with Crippen LogP contribution in [0.2, 0.25) is 0 Å². The van der Waals surface area contributed by atoms with Gasteiger partial charge < -0.3 is 11.1 Å². The van der Waals surface area contributed by atoms with Gasteiger partial charge in [-0.05, 0) is 37.8 Å². The molecule has 9 heavy (non-hydrogen) atoms. The molecule has 2 rings (SSSR count). The second kappa shape index (κ2) is 1.96. The number of nitrogens with two attached hydrogens (primary N) is 1. The van der Waals surface area contributed by atoms with E-state index in [1.807, 2.05) is 0 Å². The maximum atomic E-state index is 5.88. The zero-order valence-corrected chi connectivity index (χ0v) is 5.64. The molecule has 0 spiro atoms. The molecule has 2 nitrogen and oxygen atoms in total. The molecule has 3 atom stereocenters. The van der Waals surface area contributed by atoms with Gasteiger partial charge in [-0.25, -0.2) is 0 Å². The summed E-state index contributed by atoms with van der Waals surface area (Å²) in [6.45, 7) is 2.39. The summed E-state index contributed by atoms with van der Waals surface area (Å²) in [7, 11) is 0. The van der Waals surface area contributed by atoms with Gasteiger partial charge >= 0.3 is 0 Å². The summed E-state index contributed by atoms with van der Waals surface area (Å²) in [4.78, 5) is 0. The van der Waals surface area contributed by atoms with E-state index >= 15 is 0 Å². The molecular weight excluding hydrogens is 112 g/mol. The van der Waals surface area contributed by atoms with Crippen molar-refractivity contribution in [2.45, 2.75) is 18.9 Å². The molecule has 0 aromatic rings. The average molecular weight is 126 g/mol.